The molecule has 24 heavy (non-hydrogen) atoms. The van der Waals surface area contributed by atoms with Gasteiger partial charge in [0, 0.05) is 22.8 Å². The van der Waals surface area contributed by atoms with Crippen LogP contribution in [0.3, 0.4) is 0 Å². The van der Waals surface area contributed by atoms with Crippen LogP contribution in [-0.2, 0) is 4.79 Å². The molecule has 0 fully saturated rings. The van der Waals surface area contributed by atoms with Crippen LogP contribution in [0.1, 0.15) is 30.1 Å². The first-order chi connectivity index (χ1) is 11.5. The Bertz CT molecular complexity index is 747. The molecule has 0 radical (unpaired) electrons. The Morgan fingerprint density at radius 3 is 2.46 bits per heavy atom. The lowest BCUT2D eigenvalue weighted by atomic mass is 10.1. The predicted molar refractivity (Wildman–Crippen MR) is 95.9 cm³/mol. The van der Waals surface area contributed by atoms with E-state index in [4.69, 9.17) is 16.3 Å². The van der Waals surface area contributed by atoms with Gasteiger partial charge in [0.15, 0.2) is 0 Å². The molecular weight excluding hydrogens is 328 g/mol. The van der Waals surface area contributed by atoms with Crippen LogP contribution in [0.5, 0.6) is 5.75 Å². The summed E-state index contributed by atoms with van der Waals surface area (Å²) in [6, 6.07) is 11.8. The fourth-order valence-electron chi connectivity index (χ4n) is 2.18. The van der Waals surface area contributed by atoms with Crippen LogP contribution < -0.4 is 15.4 Å². The summed E-state index contributed by atoms with van der Waals surface area (Å²) in [5.74, 6) is 0.0353. The minimum absolute atomic E-state index is 0.0579. The Balaban J connectivity index is 2.15. The molecule has 2 rings (SSSR count). The molecule has 0 unspecified atom stereocenters. The van der Waals surface area contributed by atoms with Gasteiger partial charge in [-0.2, -0.15) is 0 Å². The van der Waals surface area contributed by atoms with Crippen molar-refractivity contribution in [2.75, 3.05) is 17.7 Å². The van der Waals surface area contributed by atoms with Crippen molar-refractivity contribution < 1.29 is 14.3 Å². The summed E-state index contributed by atoms with van der Waals surface area (Å²) in [6.07, 6.45) is 1.23. The third kappa shape index (κ3) is 4.73. The van der Waals surface area contributed by atoms with E-state index in [0.717, 1.165) is 6.42 Å². The van der Waals surface area contributed by atoms with Crippen molar-refractivity contribution >= 4 is 34.8 Å². The van der Waals surface area contributed by atoms with E-state index in [1.165, 1.54) is 7.11 Å². The van der Waals surface area contributed by atoms with Crippen molar-refractivity contribution in [1.29, 1.82) is 0 Å². The Morgan fingerprint density at radius 1 is 1.08 bits per heavy atom. The second-order valence-electron chi connectivity index (χ2n) is 5.18. The fourth-order valence-corrected chi connectivity index (χ4v) is 2.35. The molecule has 6 heteroatoms. The number of rotatable bonds is 6. The lowest BCUT2D eigenvalue weighted by molar-refractivity contribution is -0.116. The van der Waals surface area contributed by atoms with E-state index in [-0.39, 0.29) is 11.8 Å². The van der Waals surface area contributed by atoms with Gasteiger partial charge >= 0.3 is 0 Å². The highest BCUT2D eigenvalue weighted by molar-refractivity contribution is 6.31. The molecule has 0 saturated carbocycles. The van der Waals surface area contributed by atoms with Crippen molar-refractivity contribution in [3.8, 4) is 5.75 Å². The smallest absolute Gasteiger partial charge is 0.259 e. The minimum Gasteiger partial charge on any atom is -0.496 e. The predicted octanol–water partition coefficient (Wildman–Crippen LogP) is 4.34. The fraction of sp³-hybridized carbons (Fsp3) is 0.222. The zero-order valence-corrected chi connectivity index (χ0v) is 14.3. The molecule has 0 heterocycles. The Labute approximate surface area is 146 Å². The summed E-state index contributed by atoms with van der Waals surface area (Å²) >= 11 is 5.95. The van der Waals surface area contributed by atoms with Gasteiger partial charge in [-0.3, -0.25) is 9.59 Å². The summed E-state index contributed by atoms with van der Waals surface area (Å²) in [5, 5.41) is 6.01. The Kier molecular flexibility index (Phi) is 6.21. The number of methoxy groups -OCH3 is 1. The average molecular weight is 347 g/mol. The molecule has 0 aliphatic rings. The van der Waals surface area contributed by atoms with Crippen molar-refractivity contribution in [3.63, 3.8) is 0 Å². The Morgan fingerprint density at radius 2 is 1.79 bits per heavy atom. The molecule has 0 saturated heterocycles. The van der Waals surface area contributed by atoms with Gasteiger partial charge in [-0.1, -0.05) is 24.6 Å². The van der Waals surface area contributed by atoms with Gasteiger partial charge in [-0.15, -0.1) is 0 Å². The maximum Gasteiger partial charge on any atom is 0.259 e. The van der Waals surface area contributed by atoms with Crippen LogP contribution >= 0.6 is 11.6 Å². The molecule has 126 valence electrons. The largest absolute Gasteiger partial charge is 0.496 e. The number of amides is 2. The number of anilines is 2. The van der Waals surface area contributed by atoms with E-state index in [1.807, 2.05) is 6.92 Å². The second-order valence-corrected chi connectivity index (χ2v) is 5.61. The molecule has 2 aromatic rings. The van der Waals surface area contributed by atoms with Crippen molar-refractivity contribution in [2.24, 2.45) is 0 Å². The van der Waals surface area contributed by atoms with Gasteiger partial charge in [0.05, 0.1) is 12.7 Å². The first-order valence-corrected chi connectivity index (χ1v) is 7.96. The standard InChI is InChI=1S/C18H19ClN2O3/c1-3-5-17(22)20-13-6-4-7-14(11-13)21-18(23)15-10-12(19)8-9-16(15)24-2/h4,6-11H,3,5H2,1-2H3,(H,20,22)(H,21,23). The molecule has 0 atom stereocenters. The number of carbonyl (C=O) groups is 2. The number of benzene rings is 2. The molecule has 2 amide bonds. The summed E-state index contributed by atoms with van der Waals surface area (Å²) < 4.78 is 5.19. The zero-order chi connectivity index (χ0) is 17.5. The van der Waals surface area contributed by atoms with E-state index >= 15 is 0 Å². The number of hydrogen-bond acceptors (Lipinski definition) is 3. The number of nitrogens with one attached hydrogen (secondary N) is 2. The van der Waals surface area contributed by atoms with Crippen LogP contribution in [0.2, 0.25) is 5.02 Å². The molecule has 0 aliphatic heterocycles. The third-order valence-corrected chi connectivity index (χ3v) is 3.52. The first-order valence-electron chi connectivity index (χ1n) is 7.58. The molecule has 0 spiro atoms. The highest BCUT2D eigenvalue weighted by atomic mass is 35.5. The lowest BCUT2D eigenvalue weighted by Crippen LogP contribution is -2.14. The number of carbonyl (C=O) groups excluding carboxylic acids is 2. The number of hydrogen-bond donors (Lipinski definition) is 2. The monoisotopic (exact) mass is 346 g/mol. The van der Waals surface area contributed by atoms with Crippen LogP contribution in [0.25, 0.3) is 0 Å². The highest BCUT2D eigenvalue weighted by Gasteiger charge is 2.13. The maximum atomic E-state index is 12.4. The first kappa shape index (κ1) is 17.8. The van der Waals surface area contributed by atoms with E-state index in [9.17, 15) is 9.59 Å². The molecule has 0 aromatic heterocycles. The summed E-state index contributed by atoms with van der Waals surface area (Å²) in [6.45, 7) is 1.94. The topological polar surface area (TPSA) is 67.4 Å². The molecule has 2 N–H and O–H groups in total. The zero-order valence-electron chi connectivity index (χ0n) is 13.6. The van der Waals surface area contributed by atoms with Gasteiger partial charge in [0.1, 0.15) is 5.75 Å². The summed E-state index contributed by atoms with van der Waals surface area (Å²) in [5.41, 5.74) is 1.53. The number of halogens is 1. The van der Waals surface area contributed by atoms with Crippen LogP contribution in [-0.4, -0.2) is 18.9 Å². The van der Waals surface area contributed by atoms with E-state index in [0.29, 0.717) is 34.1 Å². The lowest BCUT2D eigenvalue weighted by Gasteiger charge is -2.11. The molecule has 5 nitrogen and oxygen atoms in total. The minimum atomic E-state index is -0.341. The normalized spacial score (nSPS) is 10.1. The third-order valence-electron chi connectivity index (χ3n) is 3.29. The van der Waals surface area contributed by atoms with Gasteiger partial charge in [0.25, 0.3) is 5.91 Å². The van der Waals surface area contributed by atoms with Crippen molar-refractivity contribution in [2.45, 2.75) is 19.8 Å². The molecular formula is C18H19ClN2O3. The summed E-state index contributed by atoms with van der Waals surface area (Å²) in [4.78, 5) is 24.1. The van der Waals surface area contributed by atoms with Gasteiger partial charge in [0.2, 0.25) is 5.91 Å². The van der Waals surface area contributed by atoms with Gasteiger partial charge < -0.3 is 15.4 Å². The summed E-state index contributed by atoms with van der Waals surface area (Å²) in [7, 11) is 1.49. The van der Waals surface area contributed by atoms with Crippen LogP contribution in [0.15, 0.2) is 42.5 Å². The molecule has 0 aliphatic carbocycles. The number of ether oxygens (including phenoxy) is 1. The quantitative estimate of drug-likeness (QED) is 0.817. The van der Waals surface area contributed by atoms with Crippen LogP contribution in [0, 0.1) is 0 Å². The second kappa shape index (κ2) is 8.36. The van der Waals surface area contributed by atoms with E-state index < -0.39 is 0 Å². The molecule has 0 bridgehead atoms. The van der Waals surface area contributed by atoms with Gasteiger partial charge in [-0.25, -0.2) is 0 Å². The van der Waals surface area contributed by atoms with Crippen LogP contribution in [0.4, 0.5) is 11.4 Å². The average Bonchev–Trinajstić information content (AvgIpc) is 2.55. The molecule has 2 aromatic carbocycles. The van der Waals surface area contributed by atoms with Gasteiger partial charge in [-0.05, 0) is 42.8 Å². The Hall–Kier alpha value is -2.53. The van der Waals surface area contributed by atoms with Crippen molar-refractivity contribution in [3.05, 3.63) is 53.1 Å². The maximum absolute atomic E-state index is 12.4. The SMILES string of the molecule is CCCC(=O)Nc1cccc(NC(=O)c2cc(Cl)ccc2OC)c1. The van der Waals surface area contributed by atoms with E-state index in [2.05, 4.69) is 10.6 Å². The van der Waals surface area contributed by atoms with E-state index in [1.54, 1.807) is 42.5 Å². The highest BCUT2D eigenvalue weighted by Crippen LogP contribution is 2.24. The van der Waals surface area contributed by atoms with Crippen molar-refractivity contribution in [1.82, 2.24) is 0 Å².